The molecule has 2 aliphatic rings. The van der Waals surface area contributed by atoms with Crippen LogP contribution in [0.3, 0.4) is 0 Å². The second kappa shape index (κ2) is 7.80. The summed E-state index contributed by atoms with van der Waals surface area (Å²) in [6, 6.07) is 10.7. The first-order valence-electron chi connectivity index (χ1n) is 10.7. The highest BCUT2D eigenvalue weighted by molar-refractivity contribution is 6.06. The second-order valence-corrected chi connectivity index (χ2v) is 8.54. The van der Waals surface area contributed by atoms with E-state index >= 15 is 0 Å². The van der Waals surface area contributed by atoms with Gasteiger partial charge >= 0.3 is 0 Å². The topological polar surface area (TPSA) is 65.2 Å². The first-order valence-corrected chi connectivity index (χ1v) is 10.7. The van der Waals surface area contributed by atoms with Crippen LogP contribution in [0.5, 0.6) is 0 Å². The van der Waals surface area contributed by atoms with Crippen molar-refractivity contribution in [2.45, 2.75) is 31.6 Å². The van der Waals surface area contributed by atoms with Crippen molar-refractivity contribution in [1.29, 1.82) is 0 Å². The number of benzene rings is 2. The summed E-state index contributed by atoms with van der Waals surface area (Å²) in [4.78, 5) is 30.1. The molecule has 1 saturated heterocycles. The van der Waals surface area contributed by atoms with Crippen molar-refractivity contribution in [3.8, 4) is 0 Å². The van der Waals surface area contributed by atoms with Crippen molar-refractivity contribution in [3.63, 3.8) is 0 Å². The van der Waals surface area contributed by atoms with Crippen LogP contribution in [-0.2, 0) is 4.79 Å². The van der Waals surface area contributed by atoms with Crippen LogP contribution in [0.2, 0.25) is 0 Å². The molecule has 0 spiro atoms. The summed E-state index contributed by atoms with van der Waals surface area (Å²) in [5.74, 6) is -1.17. The number of rotatable bonds is 4. The number of aromatic nitrogens is 1. The van der Waals surface area contributed by atoms with Gasteiger partial charge in [0, 0.05) is 47.6 Å². The van der Waals surface area contributed by atoms with Crippen LogP contribution < -0.4 is 5.32 Å². The van der Waals surface area contributed by atoms with Crippen molar-refractivity contribution in [2.75, 3.05) is 18.4 Å². The first kappa shape index (κ1) is 19.7. The highest BCUT2D eigenvalue weighted by Crippen LogP contribution is 2.35. The van der Waals surface area contributed by atoms with E-state index in [2.05, 4.69) is 16.4 Å². The molecule has 1 atom stereocenters. The molecule has 2 aromatic carbocycles. The maximum Gasteiger partial charge on any atom is 0.272 e. The number of carbonyl (C=O) groups excluding carboxylic acids is 2. The number of carbonyl (C=O) groups is 2. The van der Waals surface area contributed by atoms with Crippen molar-refractivity contribution in [2.24, 2.45) is 5.92 Å². The summed E-state index contributed by atoms with van der Waals surface area (Å²) in [5.41, 5.74) is 2.33. The minimum absolute atomic E-state index is 0.0597. The highest BCUT2D eigenvalue weighted by Gasteiger charge is 2.35. The maximum atomic E-state index is 13.4. The van der Waals surface area contributed by atoms with Crippen molar-refractivity contribution in [1.82, 2.24) is 9.88 Å². The van der Waals surface area contributed by atoms with Crippen molar-refractivity contribution < 1.29 is 18.4 Å². The Bertz CT molecular complexity index is 1150. The average molecular weight is 423 g/mol. The third-order valence-electron chi connectivity index (χ3n) is 6.14. The normalized spacial score (nSPS) is 18.9. The van der Waals surface area contributed by atoms with Gasteiger partial charge in [-0.1, -0.05) is 6.07 Å². The molecule has 1 unspecified atom stereocenters. The molecule has 5 nitrogen and oxygen atoms in total. The average Bonchev–Trinajstić information content (AvgIpc) is 3.50. The fourth-order valence-electron chi connectivity index (χ4n) is 4.39. The van der Waals surface area contributed by atoms with E-state index in [1.54, 1.807) is 6.07 Å². The number of halogens is 2. The largest absolute Gasteiger partial charge is 0.351 e. The third kappa shape index (κ3) is 4.17. The minimum Gasteiger partial charge on any atom is -0.351 e. The molecule has 5 rings (SSSR count). The molecule has 1 aliphatic heterocycles. The monoisotopic (exact) mass is 423 g/mol. The molecule has 0 radical (unpaired) electrons. The minimum atomic E-state index is -0.752. The molecule has 1 saturated carbocycles. The van der Waals surface area contributed by atoms with Gasteiger partial charge in [-0.2, -0.15) is 0 Å². The molecule has 2 amide bonds. The van der Waals surface area contributed by atoms with Crippen molar-refractivity contribution in [3.05, 3.63) is 65.4 Å². The van der Waals surface area contributed by atoms with Gasteiger partial charge in [0.2, 0.25) is 5.91 Å². The van der Waals surface area contributed by atoms with E-state index in [0.717, 1.165) is 73.4 Å². The van der Waals surface area contributed by atoms with E-state index in [4.69, 9.17) is 0 Å². The van der Waals surface area contributed by atoms with Gasteiger partial charge in [0.25, 0.3) is 5.91 Å². The van der Waals surface area contributed by atoms with E-state index in [0.29, 0.717) is 11.6 Å². The molecular weight excluding hydrogens is 400 g/mol. The Hall–Kier alpha value is -3.22. The number of amides is 2. The maximum absolute atomic E-state index is 13.4. The van der Waals surface area contributed by atoms with Gasteiger partial charge in [-0.15, -0.1) is 0 Å². The van der Waals surface area contributed by atoms with Crippen LogP contribution in [-0.4, -0.2) is 34.8 Å². The van der Waals surface area contributed by atoms with Gasteiger partial charge < -0.3 is 15.2 Å². The Balaban J connectivity index is 1.33. The molecule has 2 heterocycles. The Kier molecular flexibility index (Phi) is 4.96. The van der Waals surface area contributed by atoms with Crippen LogP contribution in [0.25, 0.3) is 10.9 Å². The fraction of sp³-hybridized carbons (Fsp3) is 0.333. The van der Waals surface area contributed by atoms with Gasteiger partial charge in [-0.05, 0) is 61.6 Å². The smallest absolute Gasteiger partial charge is 0.272 e. The zero-order chi connectivity index (χ0) is 21.5. The second-order valence-electron chi connectivity index (χ2n) is 8.54. The molecule has 2 N–H and O–H groups in total. The van der Waals surface area contributed by atoms with Gasteiger partial charge in [0.05, 0.1) is 0 Å². The first-order chi connectivity index (χ1) is 15.0. The van der Waals surface area contributed by atoms with Crippen LogP contribution in [0.1, 0.15) is 47.7 Å². The molecule has 7 heteroatoms. The summed E-state index contributed by atoms with van der Waals surface area (Å²) >= 11 is 0. The zero-order valence-corrected chi connectivity index (χ0v) is 17.0. The van der Waals surface area contributed by atoms with Crippen LogP contribution >= 0.6 is 0 Å². The molecule has 1 aromatic heterocycles. The summed E-state index contributed by atoms with van der Waals surface area (Å²) < 4.78 is 26.7. The number of hydrogen-bond acceptors (Lipinski definition) is 2. The number of likely N-dealkylation sites (tertiary alicyclic amines) is 1. The van der Waals surface area contributed by atoms with Crippen LogP contribution in [0, 0.1) is 17.6 Å². The molecule has 0 bridgehead atoms. The molecule has 1 aliphatic carbocycles. The third-order valence-corrected chi connectivity index (χ3v) is 6.14. The van der Waals surface area contributed by atoms with Gasteiger partial charge in [0.15, 0.2) is 0 Å². The molecule has 160 valence electrons. The lowest BCUT2D eigenvalue weighted by atomic mass is 9.90. The number of H-pyrrole nitrogens is 1. The van der Waals surface area contributed by atoms with Crippen molar-refractivity contribution >= 4 is 28.4 Å². The summed E-state index contributed by atoms with van der Waals surface area (Å²) in [7, 11) is 0. The van der Waals surface area contributed by atoms with E-state index in [1.807, 2.05) is 17.0 Å². The van der Waals surface area contributed by atoms with E-state index in [-0.39, 0.29) is 17.5 Å². The number of nitrogens with zero attached hydrogens (tertiary/aromatic N) is 1. The van der Waals surface area contributed by atoms with Gasteiger partial charge in [-0.25, -0.2) is 8.78 Å². The van der Waals surface area contributed by atoms with Gasteiger partial charge in [-0.3, -0.25) is 9.59 Å². The SMILES string of the molecule is O=C(Nc1cc(F)cc(F)c1)c1cc2cc(C3CCCN(C(=O)C4CC4)C3)ccc2[nH]1. The lowest BCUT2D eigenvalue weighted by Gasteiger charge is -2.33. The lowest BCUT2D eigenvalue weighted by Crippen LogP contribution is -2.39. The summed E-state index contributed by atoms with van der Waals surface area (Å²) in [6.07, 6.45) is 4.06. The van der Waals surface area contributed by atoms with Gasteiger partial charge in [0.1, 0.15) is 17.3 Å². The Morgan fingerprint density at radius 3 is 2.52 bits per heavy atom. The number of fused-ring (bicyclic) bond motifs is 1. The lowest BCUT2D eigenvalue weighted by molar-refractivity contribution is -0.133. The number of aromatic amines is 1. The number of hydrogen-bond donors (Lipinski definition) is 2. The number of nitrogens with one attached hydrogen (secondary N) is 2. The predicted octanol–water partition coefficient (Wildman–Crippen LogP) is 4.81. The quantitative estimate of drug-likeness (QED) is 0.632. The molecule has 3 aromatic rings. The number of anilines is 1. The zero-order valence-electron chi connectivity index (χ0n) is 17.0. The summed E-state index contributed by atoms with van der Waals surface area (Å²) in [5, 5.41) is 3.41. The fourth-order valence-corrected chi connectivity index (χ4v) is 4.39. The number of piperidine rings is 1. The van der Waals surface area contributed by atoms with E-state index in [1.165, 1.54) is 0 Å². The Labute approximate surface area is 178 Å². The van der Waals surface area contributed by atoms with E-state index in [9.17, 15) is 18.4 Å². The molecular formula is C24H23F2N3O2. The predicted molar refractivity (Wildman–Crippen MR) is 114 cm³/mol. The summed E-state index contributed by atoms with van der Waals surface area (Å²) in [6.45, 7) is 1.58. The van der Waals surface area contributed by atoms with Crippen LogP contribution in [0.4, 0.5) is 14.5 Å². The Morgan fingerprint density at radius 2 is 1.77 bits per heavy atom. The Morgan fingerprint density at radius 1 is 1.00 bits per heavy atom. The highest BCUT2D eigenvalue weighted by atomic mass is 19.1. The molecule has 2 fully saturated rings. The molecule has 31 heavy (non-hydrogen) atoms. The van der Waals surface area contributed by atoms with E-state index < -0.39 is 17.5 Å². The van der Waals surface area contributed by atoms with Crippen LogP contribution in [0.15, 0.2) is 42.5 Å². The standard InChI is InChI=1S/C24H23F2N3O2/c25-18-10-19(26)12-20(11-18)27-23(30)22-9-17-8-15(5-6-21(17)28-22)16-2-1-7-29(13-16)24(31)14-3-4-14/h5-6,8-12,14,16,28H,1-4,7,13H2,(H,27,30).